The Morgan fingerprint density at radius 2 is 1.79 bits per heavy atom. The van der Waals surface area contributed by atoms with E-state index in [4.69, 9.17) is 14.2 Å². The smallest absolute Gasteiger partial charge is 0.338 e. The molecule has 0 aliphatic carbocycles. The minimum atomic E-state index is -0.759. The second-order valence-corrected chi connectivity index (χ2v) is 10.2. The number of carbonyl (C=O) groups excluding carboxylic acids is 3. The molecule has 4 rings (SSSR count). The zero-order valence-electron chi connectivity index (χ0n) is 25.5. The first-order valence-corrected chi connectivity index (χ1v) is 13.9. The second kappa shape index (κ2) is 13.3. The van der Waals surface area contributed by atoms with Crippen LogP contribution in [0.15, 0.2) is 58.8 Å². The lowest BCUT2D eigenvalue weighted by molar-refractivity contribution is -0.139. The molecule has 1 atom stereocenters. The Kier molecular flexibility index (Phi) is 9.54. The van der Waals surface area contributed by atoms with Crippen LogP contribution >= 0.6 is 0 Å². The van der Waals surface area contributed by atoms with Crippen LogP contribution in [0.2, 0.25) is 0 Å². The van der Waals surface area contributed by atoms with Crippen LogP contribution in [0.4, 0.5) is 4.79 Å². The first-order chi connectivity index (χ1) is 20.5. The molecule has 0 saturated heterocycles. The number of urea groups is 1. The average Bonchev–Trinajstić information content (AvgIpc) is 3.25. The van der Waals surface area contributed by atoms with Crippen molar-refractivity contribution >= 4 is 24.1 Å². The minimum Gasteiger partial charge on any atom is -0.493 e. The number of benzene rings is 2. The number of ether oxygens (including phenoxy) is 3. The van der Waals surface area contributed by atoms with Crippen molar-refractivity contribution < 1.29 is 28.6 Å². The molecule has 0 fully saturated rings. The van der Waals surface area contributed by atoms with Gasteiger partial charge in [0.05, 0.1) is 31.5 Å². The van der Waals surface area contributed by atoms with Crippen LogP contribution in [0.5, 0.6) is 11.5 Å². The molecule has 3 aromatic rings. The molecular formula is C32H37N5O6. The van der Waals surface area contributed by atoms with Crippen molar-refractivity contribution in [3.8, 4) is 17.2 Å². The van der Waals surface area contributed by atoms with Gasteiger partial charge in [-0.1, -0.05) is 12.1 Å². The van der Waals surface area contributed by atoms with Gasteiger partial charge in [0.15, 0.2) is 18.1 Å². The molecule has 11 nitrogen and oxygen atoms in total. The minimum absolute atomic E-state index is 0.192. The van der Waals surface area contributed by atoms with E-state index in [9.17, 15) is 14.4 Å². The number of aromatic nitrogens is 1. The Labute approximate surface area is 250 Å². The third-order valence-corrected chi connectivity index (χ3v) is 7.26. The number of rotatable bonds is 10. The molecule has 0 bridgehead atoms. The summed E-state index contributed by atoms with van der Waals surface area (Å²) in [6.45, 7) is 11.4. The van der Waals surface area contributed by atoms with E-state index in [-0.39, 0.29) is 18.8 Å². The molecule has 1 aromatic heterocycles. The Morgan fingerprint density at radius 3 is 2.49 bits per heavy atom. The van der Waals surface area contributed by atoms with Crippen molar-refractivity contribution in [2.24, 2.45) is 5.10 Å². The molecule has 0 radical (unpaired) electrons. The number of methoxy groups -OCH3 is 1. The summed E-state index contributed by atoms with van der Waals surface area (Å²) in [5.41, 5.74) is 10.2. The lowest BCUT2D eigenvalue weighted by Crippen LogP contribution is -2.45. The van der Waals surface area contributed by atoms with E-state index in [0.29, 0.717) is 22.8 Å². The van der Waals surface area contributed by atoms with Gasteiger partial charge in [-0.25, -0.2) is 15.0 Å². The summed E-state index contributed by atoms with van der Waals surface area (Å²) in [5.74, 6) is -0.373. The number of carbonyl (C=O) groups is 3. The summed E-state index contributed by atoms with van der Waals surface area (Å²) in [6.07, 6.45) is 1.61. The highest BCUT2D eigenvalue weighted by atomic mass is 16.5. The molecule has 11 heteroatoms. The van der Waals surface area contributed by atoms with Crippen LogP contribution in [-0.2, 0) is 14.3 Å². The number of hydrogen-bond acceptors (Lipinski definition) is 7. The van der Waals surface area contributed by atoms with Crippen LogP contribution in [0, 0.1) is 27.7 Å². The summed E-state index contributed by atoms with van der Waals surface area (Å²) in [7, 11) is 1.46. The van der Waals surface area contributed by atoms with E-state index in [1.54, 1.807) is 38.3 Å². The molecule has 1 aliphatic rings. The summed E-state index contributed by atoms with van der Waals surface area (Å²) >= 11 is 0. The normalized spacial score (nSPS) is 14.8. The highest BCUT2D eigenvalue weighted by molar-refractivity contribution is 5.95. The maximum Gasteiger partial charge on any atom is 0.338 e. The van der Waals surface area contributed by atoms with E-state index in [1.807, 2.05) is 19.9 Å². The maximum atomic E-state index is 12.6. The predicted molar refractivity (Wildman–Crippen MR) is 163 cm³/mol. The fraction of sp³-hybridized carbons (Fsp3) is 0.312. The quantitative estimate of drug-likeness (QED) is 0.183. The van der Waals surface area contributed by atoms with E-state index >= 15 is 0 Å². The Balaban J connectivity index is 1.42. The molecule has 0 unspecified atom stereocenters. The summed E-state index contributed by atoms with van der Waals surface area (Å²) in [4.78, 5) is 37.3. The predicted octanol–water partition coefficient (Wildman–Crippen LogP) is 4.44. The second-order valence-electron chi connectivity index (χ2n) is 10.2. The Morgan fingerprint density at radius 1 is 1.02 bits per heavy atom. The number of esters is 1. The lowest BCUT2D eigenvalue weighted by atomic mass is 9.95. The maximum absolute atomic E-state index is 12.6. The number of aryl methyl sites for hydroxylation is 3. The van der Waals surface area contributed by atoms with Gasteiger partial charge in [0, 0.05) is 28.3 Å². The summed E-state index contributed by atoms with van der Waals surface area (Å²) in [5, 5.41) is 9.47. The first-order valence-electron chi connectivity index (χ1n) is 13.9. The molecule has 3 N–H and O–H groups in total. The first kappa shape index (κ1) is 30.9. The third kappa shape index (κ3) is 6.88. The zero-order chi connectivity index (χ0) is 31.3. The summed E-state index contributed by atoms with van der Waals surface area (Å²) < 4.78 is 18.5. The van der Waals surface area contributed by atoms with E-state index < -0.39 is 23.9 Å². The Bertz CT molecular complexity index is 1620. The number of nitrogens with zero attached hydrogens (tertiary/aromatic N) is 2. The van der Waals surface area contributed by atoms with Crippen LogP contribution in [0.25, 0.3) is 5.69 Å². The van der Waals surface area contributed by atoms with Crippen LogP contribution in [0.1, 0.15) is 53.5 Å². The van der Waals surface area contributed by atoms with E-state index in [0.717, 1.165) is 22.6 Å². The van der Waals surface area contributed by atoms with Crippen molar-refractivity contribution in [2.75, 3.05) is 20.3 Å². The molecule has 0 saturated carbocycles. The van der Waals surface area contributed by atoms with Crippen molar-refractivity contribution in [1.82, 2.24) is 20.6 Å². The average molecular weight is 588 g/mol. The van der Waals surface area contributed by atoms with Gasteiger partial charge in [0.2, 0.25) is 0 Å². The number of hydrogen-bond donors (Lipinski definition) is 3. The lowest BCUT2D eigenvalue weighted by Gasteiger charge is -2.28. The van der Waals surface area contributed by atoms with Crippen molar-refractivity contribution in [3.63, 3.8) is 0 Å². The fourth-order valence-corrected chi connectivity index (χ4v) is 4.94. The number of hydrazone groups is 1. The van der Waals surface area contributed by atoms with Gasteiger partial charge in [0.25, 0.3) is 5.91 Å². The largest absolute Gasteiger partial charge is 0.493 e. The van der Waals surface area contributed by atoms with Gasteiger partial charge in [-0.05, 0) is 88.6 Å². The number of nitrogens with one attached hydrogen (secondary N) is 3. The Hall–Kier alpha value is -5.06. The van der Waals surface area contributed by atoms with Gasteiger partial charge < -0.3 is 29.4 Å². The molecule has 2 aromatic carbocycles. The molecule has 3 amide bonds. The SMILES string of the molecule is CCOC(=O)C1=C(C)NC(=O)N[C@H]1c1ccc(OCC(=O)N/N=C\c2cc(C)n(-c3ccc(C)c(C)c3)c2C)c(OC)c1. The molecule has 43 heavy (non-hydrogen) atoms. The van der Waals surface area contributed by atoms with Crippen molar-refractivity contribution in [1.29, 1.82) is 0 Å². The van der Waals surface area contributed by atoms with Gasteiger partial charge in [-0.2, -0.15) is 5.10 Å². The third-order valence-electron chi connectivity index (χ3n) is 7.26. The monoisotopic (exact) mass is 587 g/mol. The standard InChI is InChI=1S/C32H37N5O6/c1-8-42-31(39)29-21(5)34-32(40)35-30(29)23-10-12-26(27(15-23)41-7)43-17-28(38)36-33-16-24-14-20(4)37(22(24)6)25-11-9-18(2)19(3)13-25/h9-16,30H,8,17H2,1-7H3,(H,36,38)(H2,34,35,40)/b33-16-/t30-/m0/s1. The molecule has 0 spiro atoms. The zero-order valence-corrected chi connectivity index (χ0v) is 25.5. The highest BCUT2D eigenvalue weighted by Crippen LogP contribution is 2.34. The fourth-order valence-electron chi connectivity index (χ4n) is 4.94. The number of amides is 3. The van der Waals surface area contributed by atoms with Crippen molar-refractivity contribution in [3.05, 3.63) is 87.4 Å². The van der Waals surface area contributed by atoms with Crippen LogP contribution < -0.4 is 25.5 Å². The van der Waals surface area contributed by atoms with Crippen LogP contribution in [0.3, 0.4) is 0 Å². The molecule has 226 valence electrons. The number of allylic oxidation sites excluding steroid dienone is 1. The van der Waals surface area contributed by atoms with Gasteiger partial charge in [-0.15, -0.1) is 0 Å². The van der Waals surface area contributed by atoms with Crippen molar-refractivity contribution in [2.45, 2.75) is 47.6 Å². The van der Waals surface area contributed by atoms with Gasteiger partial charge >= 0.3 is 12.0 Å². The topological polar surface area (TPSA) is 132 Å². The van der Waals surface area contributed by atoms with E-state index in [2.05, 4.69) is 57.8 Å². The molecular weight excluding hydrogens is 550 g/mol. The molecule has 2 heterocycles. The highest BCUT2D eigenvalue weighted by Gasteiger charge is 2.32. The van der Waals surface area contributed by atoms with E-state index in [1.165, 1.54) is 18.2 Å². The van der Waals surface area contributed by atoms with Gasteiger partial charge in [0.1, 0.15) is 0 Å². The molecule has 1 aliphatic heterocycles. The van der Waals surface area contributed by atoms with Gasteiger partial charge in [-0.3, -0.25) is 4.79 Å². The van der Waals surface area contributed by atoms with Crippen LogP contribution in [-0.4, -0.2) is 49.0 Å². The summed E-state index contributed by atoms with van der Waals surface area (Å²) in [6, 6.07) is 12.1.